The van der Waals surface area contributed by atoms with E-state index in [0.717, 1.165) is 51.4 Å². The molecule has 0 aromatic carbocycles. The standard InChI is InChI=1S/C31H42ClNO2/c1-18(2)20-10-13-31(26(32)35)15-14-29(6)21(24(20)31)8-9-23-28(5)16-19(17-33)25(34)27(3,4)22(28)11-12-30(23,29)7/h16,20-24H,1,8-15H2,2-7H3/t20-,21?,22?,23?,24?,28-,29+,30+,31-/m0/s1. The lowest BCUT2D eigenvalue weighted by Gasteiger charge is -2.71. The molecule has 4 unspecified atom stereocenters. The van der Waals surface area contributed by atoms with Crippen molar-refractivity contribution in [1.82, 2.24) is 0 Å². The van der Waals surface area contributed by atoms with Crippen LogP contribution in [0.2, 0.25) is 0 Å². The molecule has 190 valence electrons. The first-order valence-electron chi connectivity index (χ1n) is 13.7. The van der Waals surface area contributed by atoms with E-state index in [9.17, 15) is 14.9 Å². The highest BCUT2D eigenvalue weighted by Gasteiger charge is 2.71. The quantitative estimate of drug-likeness (QED) is 0.292. The van der Waals surface area contributed by atoms with Crippen molar-refractivity contribution in [2.24, 2.45) is 56.7 Å². The highest BCUT2D eigenvalue weighted by molar-refractivity contribution is 6.64. The molecule has 5 rings (SSSR count). The maximum Gasteiger partial charge on any atom is 0.228 e. The minimum absolute atomic E-state index is 0.0179. The van der Waals surface area contributed by atoms with Gasteiger partial charge in [0.15, 0.2) is 5.78 Å². The summed E-state index contributed by atoms with van der Waals surface area (Å²) in [6, 6.07) is 2.26. The number of hydrogen-bond donors (Lipinski definition) is 0. The number of Topliss-reactive ketones (excluding diaryl/α,β-unsaturated/α-hetero) is 1. The normalized spacial score (nSPS) is 50.1. The molecule has 4 heteroatoms. The van der Waals surface area contributed by atoms with Crippen LogP contribution in [-0.4, -0.2) is 11.0 Å². The molecular formula is C31H42ClNO2. The molecule has 0 N–H and O–H groups in total. The van der Waals surface area contributed by atoms with E-state index >= 15 is 0 Å². The van der Waals surface area contributed by atoms with Crippen molar-refractivity contribution in [3.63, 3.8) is 0 Å². The van der Waals surface area contributed by atoms with Gasteiger partial charge in [-0.3, -0.25) is 9.59 Å². The second-order valence-corrected chi connectivity index (χ2v) is 14.5. The van der Waals surface area contributed by atoms with Gasteiger partial charge < -0.3 is 0 Å². The van der Waals surface area contributed by atoms with Gasteiger partial charge in [-0.25, -0.2) is 0 Å². The summed E-state index contributed by atoms with van der Waals surface area (Å²) in [7, 11) is 0. The Kier molecular flexibility index (Phi) is 5.46. The molecule has 35 heavy (non-hydrogen) atoms. The number of carbonyl (C=O) groups is 2. The molecule has 0 aliphatic heterocycles. The molecule has 0 bridgehead atoms. The second-order valence-electron chi connectivity index (χ2n) is 14.2. The van der Waals surface area contributed by atoms with Crippen molar-refractivity contribution in [2.75, 3.05) is 0 Å². The minimum Gasteiger partial charge on any atom is -0.293 e. The van der Waals surface area contributed by atoms with E-state index in [0.29, 0.717) is 23.3 Å². The molecule has 0 amide bonds. The SMILES string of the molecule is C=C(C)[C@@H]1CC[C@]2(C(=O)Cl)CC[C@]3(C)C(CCC4[C@@]5(C)C=C(C#N)C(=O)C(C)(C)C5CC[C@]43C)C12. The number of ketones is 1. The summed E-state index contributed by atoms with van der Waals surface area (Å²) in [6.45, 7) is 18.0. The first-order chi connectivity index (χ1) is 16.2. The number of fused-ring (bicyclic) bond motifs is 7. The molecule has 4 saturated carbocycles. The summed E-state index contributed by atoms with van der Waals surface area (Å²) in [4.78, 5) is 26.2. The second kappa shape index (κ2) is 7.56. The molecule has 0 aromatic heterocycles. The van der Waals surface area contributed by atoms with Gasteiger partial charge in [0.2, 0.25) is 5.24 Å². The smallest absolute Gasteiger partial charge is 0.228 e. The van der Waals surface area contributed by atoms with E-state index in [4.69, 9.17) is 11.6 Å². The molecule has 4 fully saturated rings. The largest absolute Gasteiger partial charge is 0.293 e. The van der Waals surface area contributed by atoms with Crippen LogP contribution in [0.5, 0.6) is 0 Å². The van der Waals surface area contributed by atoms with Crippen LogP contribution in [0.15, 0.2) is 23.8 Å². The van der Waals surface area contributed by atoms with Crippen LogP contribution >= 0.6 is 11.6 Å². The Morgan fingerprint density at radius 3 is 2.29 bits per heavy atom. The van der Waals surface area contributed by atoms with Gasteiger partial charge in [-0.15, -0.1) is 0 Å². The van der Waals surface area contributed by atoms with Gasteiger partial charge in [-0.05, 0) is 116 Å². The lowest BCUT2D eigenvalue weighted by molar-refractivity contribution is -0.216. The molecule has 0 radical (unpaired) electrons. The van der Waals surface area contributed by atoms with E-state index < -0.39 is 10.8 Å². The summed E-state index contributed by atoms with van der Waals surface area (Å²) >= 11 is 6.42. The highest BCUT2D eigenvalue weighted by atomic mass is 35.5. The maximum absolute atomic E-state index is 13.2. The number of carbonyl (C=O) groups excluding carboxylic acids is 2. The van der Waals surface area contributed by atoms with Crippen LogP contribution in [0.3, 0.4) is 0 Å². The van der Waals surface area contributed by atoms with Crippen LogP contribution in [0.1, 0.15) is 92.9 Å². The molecule has 0 heterocycles. The predicted molar refractivity (Wildman–Crippen MR) is 139 cm³/mol. The van der Waals surface area contributed by atoms with Crippen molar-refractivity contribution in [3.8, 4) is 6.07 Å². The Balaban J connectivity index is 1.62. The van der Waals surface area contributed by atoms with Gasteiger partial charge in [0.25, 0.3) is 0 Å². The summed E-state index contributed by atoms with van der Waals surface area (Å²) < 4.78 is 0. The zero-order valence-corrected chi connectivity index (χ0v) is 23.2. The molecule has 3 nitrogen and oxygen atoms in total. The van der Waals surface area contributed by atoms with Gasteiger partial charge in [-0.1, -0.05) is 52.8 Å². The molecule has 0 aromatic rings. The van der Waals surface area contributed by atoms with Crippen LogP contribution in [0.4, 0.5) is 0 Å². The molecule has 0 saturated heterocycles. The van der Waals surface area contributed by atoms with E-state index in [1.165, 1.54) is 5.57 Å². The minimum atomic E-state index is -0.517. The summed E-state index contributed by atoms with van der Waals surface area (Å²) in [5, 5.41) is 9.75. The Labute approximate surface area is 216 Å². The molecule has 9 atom stereocenters. The fourth-order valence-electron chi connectivity index (χ4n) is 11.1. The summed E-state index contributed by atoms with van der Waals surface area (Å²) in [6.07, 6.45) is 10.2. The van der Waals surface area contributed by atoms with Crippen LogP contribution in [0, 0.1) is 68.0 Å². The highest BCUT2D eigenvalue weighted by Crippen LogP contribution is 2.77. The van der Waals surface area contributed by atoms with Crippen LogP contribution in [-0.2, 0) is 9.59 Å². The van der Waals surface area contributed by atoms with E-state index in [-0.39, 0.29) is 39.1 Å². The lowest BCUT2D eigenvalue weighted by Crippen LogP contribution is -2.66. The topological polar surface area (TPSA) is 57.9 Å². The first-order valence-corrected chi connectivity index (χ1v) is 14.1. The molecular weight excluding hydrogens is 454 g/mol. The third-order valence-corrected chi connectivity index (χ3v) is 13.3. The van der Waals surface area contributed by atoms with E-state index in [2.05, 4.69) is 60.3 Å². The third-order valence-electron chi connectivity index (χ3n) is 12.9. The van der Waals surface area contributed by atoms with E-state index in [1.54, 1.807) is 0 Å². The number of rotatable bonds is 2. The van der Waals surface area contributed by atoms with Gasteiger partial charge in [-0.2, -0.15) is 5.26 Å². The predicted octanol–water partition coefficient (Wildman–Crippen LogP) is 7.65. The van der Waals surface area contributed by atoms with Crippen molar-refractivity contribution in [2.45, 2.75) is 92.9 Å². The fourth-order valence-corrected chi connectivity index (χ4v) is 11.4. The van der Waals surface area contributed by atoms with Crippen LogP contribution in [0.25, 0.3) is 0 Å². The summed E-state index contributed by atoms with van der Waals surface area (Å²) in [5.74, 6) is 1.77. The van der Waals surface area contributed by atoms with Gasteiger partial charge in [0.1, 0.15) is 6.07 Å². The average molecular weight is 496 g/mol. The third kappa shape index (κ3) is 2.90. The number of allylic oxidation sites excluding steroid dienone is 3. The number of halogens is 1. The number of nitrogens with zero attached hydrogens (tertiary/aromatic N) is 1. The van der Waals surface area contributed by atoms with Gasteiger partial charge >= 0.3 is 0 Å². The van der Waals surface area contributed by atoms with Crippen LogP contribution < -0.4 is 0 Å². The Hall–Kier alpha value is -1.40. The molecule has 0 spiro atoms. The molecule has 5 aliphatic carbocycles. The lowest BCUT2D eigenvalue weighted by atomic mass is 9.33. The monoisotopic (exact) mass is 495 g/mol. The zero-order valence-electron chi connectivity index (χ0n) is 22.5. The van der Waals surface area contributed by atoms with Gasteiger partial charge in [0, 0.05) is 10.8 Å². The average Bonchev–Trinajstić information content (AvgIpc) is 3.18. The van der Waals surface area contributed by atoms with Crippen molar-refractivity contribution in [1.29, 1.82) is 5.26 Å². The Morgan fingerprint density at radius 1 is 1.00 bits per heavy atom. The zero-order chi connectivity index (χ0) is 25.8. The molecule has 5 aliphatic rings. The van der Waals surface area contributed by atoms with Crippen molar-refractivity contribution in [3.05, 3.63) is 23.8 Å². The van der Waals surface area contributed by atoms with Crippen molar-refractivity contribution < 1.29 is 9.59 Å². The van der Waals surface area contributed by atoms with E-state index in [1.807, 2.05) is 0 Å². The number of nitriles is 1. The summed E-state index contributed by atoms with van der Waals surface area (Å²) in [5.41, 5.74) is 0.649. The number of hydrogen-bond acceptors (Lipinski definition) is 3. The maximum atomic E-state index is 13.2. The Morgan fingerprint density at radius 2 is 1.69 bits per heavy atom. The Bertz CT molecular complexity index is 1080. The fraction of sp³-hybridized carbons (Fsp3) is 0.774. The van der Waals surface area contributed by atoms with Gasteiger partial charge in [0.05, 0.1) is 5.57 Å². The van der Waals surface area contributed by atoms with Crippen molar-refractivity contribution >= 4 is 22.6 Å². The first kappa shape index (κ1) is 25.3.